The molecule has 0 aliphatic carbocycles. The first-order chi connectivity index (χ1) is 13.0. The second-order valence-electron chi connectivity index (χ2n) is 5.97. The lowest BCUT2D eigenvalue weighted by Gasteiger charge is -2.19. The molecule has 1 amide bonds. The number of rotatable bonds is 4. The van der Waals surface area contributed by atoms with Crippen molar-refractivity contribution in [2.75, 3.05) is 0 Å². The third-order valence-corrected chi connectivity index (χ3v) is 4.97. The van der Waals surface area contributed by atoms with Crippen molar-refractivity contribution in [3.8, 4) is 11.3 Å². The van der Waals surface area contributed by atoms with Gasteiger partial charge < -0.3 is 4.42 Å². The molecule has 1 N–H and O–H groups in total. The number of carbonyl (C=O) groups excluding carboxylic acids is 1. The molecule has 8 heteroatoms. The van der Waals surface area contributed by atoms with E-state index in [1.54, 1.807) is 24.3 Å². The molecule has 2 aromatic rings. The number of hydrogen-bond acceptors (Lipinski definition) is 5. The van der Waals surface area contributed by atoms with Gasteiger partial charge in [-0.2, -0.15) is 15.1 Å². The van der Waals surface area contributed by atoms with Gasteiger partial charge in [0.1, 0.15) is 22.4 Å². The van der Waals surface area contributed by atoms with Gasteiger partial charge in [-0.25, -0.2) is 4.39 Å². The van der Waals surface area contributed by atoms with E-state index in [2.05, 4.69) is 10.1 Å². The number of thioether (sulfide) groups is 1. The number of benzene rings is 1. The van der Waals surface area contributed by atoms with E-state index in [9.17, 15) is 9.18 Å². The highest BCUT2D eigenvalue weighted by Gasteiger charge is 2.35. The van der Waals surface area contributed by atoms with Gasteiger partial charge >= 0.3 is 0 Å². The van der Waals surface area contributed by atoms with Crippen molar-refractivity contribution in [2.24, 2.45) is 10.1 Å². The van der Waals surface area contributed by atoms with Gasteiger partial charge in [0.25, 0.3) is 5.91 Å². The van der Waals surface area contributed by atoms with E-state index < -0.39 is 5.91 Å². The Morgan fingerprint density at radius 2 is 2.04 bits per heavy atom. The molecule has 0 radical (unpaired) electrons. The number of amides is 1. The summed E-state index contributed by atoms with van der Waals surface area (Å²) in [7, 11) is 0. The summed E-state index contributed by atoms with van der Waals surface area (Å²) in [5.74, 6) is 0.107. The molecule has 27 heavy (non-hydrogen) atoms. The average Bonchev–Trinajstić information content (AvgIpc) is 3.27. The van der Waals surface area contributed by atoms with E-state index >= 15 is 0 Å². The topological polar surface area (TPSA) is 82.0 Å². The highest BCUT2D eigenvalue weighted by atomic mass is 32.2. The minimum Gasteiger partial charge on any atom is -0.457 e. The molecule has 0 spiro atoms. The first-order valence-corrected chi connectivity index (χ1v) is 9.21. The molecule has 1 aromatic carbocycles. The van der Waals surface area contributed by atoms with Crippen LogP contribution in [0.4, 0.5) is 4.39 Å². The summed E-state index contributed by atoms with van der Waals surface area (Å²) in [4.78, 5) is 16.4. The first kappa shape index (κ1) is 17.4. The fourth-order valence-electron chi connectivity index (χ4n) is 2.69. The zero-order valence-corrected chi connectivity index (χ0v) is 15.2. The molecule has 1 aromatic heterocycles. The van der Waals surface area contributed by atoms with Crippen LogP contribution in [0.15, 0.2) is 56.5 Å². The number of fused-ring (bicyclic) bond motifs is 1. The van der Waals surface area contributed by atoms with Crippen molar-refractivity contribution in [3.63, 3.8) is 0 Å². The molecule has 0 atom stereocenters. The third-order valence-electron chi connectivity index (χ3n) is 4.00. The van der Waals surface area contributed by atoms with Crippen molar-refractivity contribution >= 4 is 39.8 Å². The van der Waals surface area contributed by atoms with Crippen molar-refractivity contribution < 1.29 is 13.6 Å². The maximum Gasteiger partial charge on any atom is 0.283 e. The molecular weight excluding hydrogens is 367 g/mol. The molecule has 136 valence electrons. The highest BCUT2D eigenvalue weighted by molar-refractivity contribution is 8.26. The Morgan fingerprint density at radius 3 is 2.78 bits per heavy atom. The summed E-state index contributed by atoms with van der Waals surface area (Å²) in [5.41, 5.74) is 0.831. The Hall–Kier alpha value is -3.00. The molecule has 4 rings (SSSR count). The van der Waals surface area contributed by atoms with Crippen LogP contribution < -0.4 is 0 Å². The van der Waals surface area contributed by atoms with Crippen LogP contribution in [0, 0.1) is 11.2 Å². The Labute approximate surface area is 159 Å². The minimum atomic E-state index is -0.494. The van der Waals surface area contributed by atoms with Crippen LogP contribution in [0.3, 0.4) is 0 Å². The number of furan rings is 1. The van der Waals surface area contributed by atoms with Crippen LogP contribution in [-0.4, -0.2) is 27.0 Å². The van der Waals surface area contributed by atoms with Gasteiger partial charge in [-0.1, -0.05) is 6.92 Å². The zero-order valence-electron chi connectivity index (χ0n) is 14.4. The Kier molecular flexibility index (Phi) is 4.49. The van der Waals surface area contributed by atoms with Gasteiger partial charge in [-0.3, -0.25) is 10.2 Å². The molecule has 0 unspecified atom stereocenters. The maximum atomic E-state index is 13.1. The standard InChI is InChI=1S/C19H15FN4O2S/c1-2-3-16-23-24-17(21)14(18(25)22-19(24)27-16)10-13-8-9-15(26-13)11-4-6-12(20)7-5-11/h4-10,21H,2-3H2,1H3. The molecule has 0 fully saturated rings. The van der Waals surface area contributed by atoms with Gasteiger partial charge in [0.05, 0.1) is 5.57 Å². The lowest BCUT2D eigenvalue weighted by Crippen LogP contribution is -2.35. The van der Waals surface area contributed by atoms with Gasteiger partial charge in [-0.05, 0) is 67.1 Å². The Balaban J connectivity index is 1.62. The van der Waals surface area contributed by atoms with Gasteiger partial charge in [0.15, 0.2) is 5.84 Å². The van der Waals surface area contributed by atoms with E-state index in [1.165, 1.54) is 35.0 Å². The fourth-order valence-corrected chi connectivity index (χ4v) is 3.68. The van der Waals surface area contributed by atoms with E-state index in [0.717, 1.165) is 23.4 Å². The zero-order chi connectivity index (χ0) is 19.0. The van der Waals surface area contributed by atoms with Crippen LogP contribution in [0.5, 0.6) is 0 Å². The number of nitrogens with zero attached hydrogens (tertiary/aromatic N) is 3. The quantitative estimate of drug-likeness (QED) is 0.789. The number of nitrogens with one attached hydrogen (secondary N) is 1. The molecular formula is C19H15FN4O2S. The van der Waals surface area contributed by atoms with Crippen LogP contribution in [0.1, 0.15) is 25.5 Å². The maximum absolute atomic E-state index is 13.1. The van der Waals surface area contributed by atoms with Crippen LogP contribution in [0.2, 0.25) is 0 Å². The fraction of sp³-hybridized carbons (Fsp3) is 0.158. The van der Waals surface area contributed by atoms with Crippen molar-refractivity contribution in [1.29, 1.82) is 5.41 Å². The van der Waals surface area contributed by atoms with Crippen LogP contribution in [0.25, 0.3) is 17.4 Å². The van der Waals surface area contributed by atoms with E-state index in [4.69, 9.17) is 9.83 Å². The summed E-state index contributed by atoms with van der Waals surface area (Å²) >= 11 is 1.32. The molecule has 0 saturated carbocycles. The number of aliphatic imine (C=N–C) groups is 1. The largest absolute Gasteiger partial charge is 0.457 e. The summed E-state index contributed by atoms with van der Waals surface area (Å²) in [6.07, 6.45) is 3.19. The average molecular weight is 382 g/mol. The number of amidine groups is 2. The summed E-state index contributed by atoms with van der Waals surface area (Å²) in [5, 5.41) is 15.3. The lowest BCUT2D eigenvalue weighted by atomic mass is 10.1. The van der Waals surface area contributed by atoms with E-state index in [1.807, 2.05) is 6.92 Å². The van der Waals surface area contributed by atoms with E-state index in [0.29, 0.717) is 16.7 Å². The Morgan fingerprint density at radius 1 is 1.26 bits per heavy atom. The molecule has 6 nitrogen and oxygen atoms in total. The number of halogens is 1. The predicted molar refractivity (Wildman–Crippen MR) is 104 cm³/mol. The number of hydrogen-bond donors (Lipinski definition) is 1. The van der Waals surface area contributed by atoms with Gasteiger partial charge in [-0.15, -0.1) is 0 Å². The van der Waals surface area contributed by atoms with Crippen molar-refractivity contribution in [2.45, 2.75) is 19.8 Å². The molecule has 0 saturated heterocycles. The minimum absolute atomic E-state index is 0.0247. The second-order valence-corrected chi connectivity index (χ2v) is 7.01. The van der Waals surface area contributed by atoms with E-state index in [-0.39, 0.29) is 17.2 Å². The lowest BCUT2D eigenvalue weighted by molar-refractivity contribution is -0.114. The number of carbonyl (C=O) groups is 1. The molecule has 2 aliphatic heterocycles. The monoisotopic (exact) mass is 382 g/mol. The number of hydrazone groups is 1. The van der Waals surface area contributed by atoms with Crippen LogP contribution >= 0.6 is 11.8 Å². The first-order valence-electron chi connectivity index (χ1n) is 8.40. The Bertz CT molecular complexity index is 1020. The summed E-state index contributed by atoms with van der Waals surface area (Å²) < 4.78 is 18.8. The molecule has 2 aliphatic rings. The van der Waals surface area contributed by atoms with Gasteiger partial charge in [0, 0.05) is 5.56 Å². The molecule has 3 heterocycles. The van der Waals surface area contributed by atoms with Gasteiger partial charge in [0.2, 0.25) is 5.17 Å². The second kappa shape index (κ2) is 6.96. The van der Waals surface area contributed by atoms with Crippen molar-refractivity contribution in [3.05, 3.63) is 53.5 Å². The van der Waals surface area contributed by atoms with Crippen molar-refractivity contribution in [1.82, 2.24) is 5.01 Å². The SMILES string of the molecule is CCCC1=NN2C(=N)C(=Cc3ccc(-c4ccc(F)cc4)o3)C(=O)N=C2S1. The summed E-state index contributed by atoms with van der Waals surface area (Å²) in [6.45, 7) is 2.04. The highest BCUT2D eigenvalue weighted by Crippen LogP contribution is 2.30. The van der Waals surface area contributed by atoms with Crippen LogP contribution in [-0.2, 0) is 4.79 Å². The predicted octanol–water partition coefficient (Wildman–Crippen LogP) is 4.50. The summed E-state index contributed by atoms with van der Waals surface area (Å²) in [6, 6.07) is 9.35. The third kappa shape index (κ3) is 3.35. The normalized spacial score (nSPS) is 18.0. The smallest absolute Gasteiger partial charge is 0.283 e. The molecule has 0 bridgehead atoms.